The van der Waals surface area contributed by atoms with Gasteiger partial charge in [0, 0.05) is 36.3 Å². The molecule has 0 aliphatic rings. The summed E-state index contributed by atoms with van der Waals surface area (Å²) in [5.74, 6) is -0.179. The summed E-state index contributed by atoms with van der Waals surface area (Å²) in [6.07, 6.45) is 5.08. The fourth-order valence-electron chi connectivity index (χ4n) is 3.06. The van der Waals surface area contributed by atoms with Gasteiger partial charge in [0.1, 0.15) is 5.82 Å². The molecule has 2 aromatic carbocycles. The SMILES string of the molecule is Nc1cc(C(=O)O)ccc1NC(=O)c1ccc(CNc2ccnc(-c3cccnc3)n2)cc1. The van der Waals surface area contributed by atoms with Crippen LogP contribution in [-0.4, -0.2) is 31.9 Å². The third-order valence-electron chi connectivity index (χ3n) is 4.81. The zero-order valence-corrected chi connectivity index (χ0v) is 17.4. The van der Waals surface area contributed by atoms with E-state index in [0.717, 1.165) is 11.1 Å². The molecule has 0 saturated carbocycles. The number of pyridine rings is 1. The summed E-state index contributed by atoms with van der Waals surface area (Å²) < 4.78 is 0. The molecule has 5 N–H and O–H groups in total. The Labute approximate surface area is 189 Å². The second-order valence-corrected chi connectivity index (χ2v) is 7.12. The van der Waals surface area contributed by atoms with E-state index in [2.05, 4.69) is 25.6 Å². The number of nitrogens with two attached hydrogens (primary N) is 1. The maximum atomic E-state index is 12.5. The van der Waals surface area contributed by atoms with Gasteiger partial charge in [-0.1, -0.05) is 12.1 Å². The number of nitrogens with one attached hydrogen (secondary N) is 2. The highest BCUT2D eigenvalue weighted by Gasteiger charge is 2.11. The molecule has 2 aromatic heterocycles. The molecule has 0 bridgehead atoms. The number of carboxylic acids is 1. The lowest BCUT2D eigenvalue weighted by molar-refractivity contribution is 0.0696. The van der Waals surface area contributed by atoms with Crippen LogP contribution in [0.1, 0.15) is 26.3 Å². The minimum atomic E-state index is -1.08. The van der Waals surface area contributed by atoms with Gasteiger partial charge >= 0.3 is 5.97 Å². The van der Waals surface area contributed by atoms with E-state index < -0.39 is 5.97 Å². The van der Waals surface area contributed by atoms with Crippen LogP contribution in [0.3, 0.4) is 0 Å². The van der Waals surface area contributed by atoms with Gasteiger partial charge in [-0.25, -0.2) is 14.8 Å². The molecule has 1 amide bonds. The smallest absolute Gasteiger partial charge is 0.335 e. The highest BCUT2D eigenvalue weighted by Crippen LogP contribution is 2.21. The summed E-state index contributed by atoms with van der Waals surface area (Å²) in [4.78, 5) is 36.4. The molecule has 0 saturated heterocycles. The summed E-state index contributed by atoms with van der Waals surface area (Å²) in [5, 5.41) is 15.0. The van der Waals surface area contributed by atoms with Gasteiger partial charge in [0.15, 0.2) is 5.82 Å². The molecule has 0 aliphatic heterocycles. The van der Waals surface area contributed by atoms with E-state index in [0.29, 0.717) is 29.4 Å². The molecule has 4 rings (SSSR count). The van der Waals surface area contributed by atoms with Crippen molar-refractivity contribution in [3.63, 3.8) is 0 Å². The number of aromatic nitrogens is 3. The second kappa shape index (κ2) is 9.56. The number of hydrogen-bond acceptors (Lipinski definition) is 7. The average molecular weight is 440 g/mol. The topological polar surface area (TPSA) is 143 Å². The Morgan fingerprint density at radius 2 is 1.76 bits per heavy atom. The van der Waals surface area contributed by atoms with Gasteiger partial charge in [0.05, 0.1) is 16.9 Å². The first-order valence-electron chi connectivity index (χ1n) is 10.00. The van der Waals surface area contributed by atoms with Crippen LogP contribution in [0.15, 0.2) is 79.3 Å². The molecule has 0 atom stereocenters. The second-order valence-electron chi connectivity index (χ2n) is 7.12. The monoisotopic (exact) mass is 440 g/mol. The molecule has 0 radical (unpaired) electrons. The summed E-state index contributed by atoms with van der Waals surface area (Å²) in [7, 11) is 0. The fraction of sp³-hybridized carbons (Fsp3) is 0.0417. The van der Waals surface area contributed by atoms with Crippen molar-refractivity contribution in [1.29, 1.82) is 0 Å². The number of hydrogen-bond donors (Lipinski definition) is 4. The maximum absolute atomic E-state index is 12.5. The summed E-state index contributed by atoms with van der Waals surface area (Å²) in [6.45, 7) is 0.509. The lowest BCUT2D eigenvalue weighted by atomic mass is 10.1. The van der Waals surface area contributed by atoms with Gasteiger partial charge < -0.3 is 21.5 Å². The molecule has 164 valence electrons. The number of rotatable bonds is 7. The first kappa shape index (κ1) is 21.4. The number of nitrogen functional groups attached to an aromatic ring is 1. The van der Waals surface area contributed by atoms with Crippen molar-refractivity contribution in [2.75, 3.05) is 16.4 Å². The molecule has 33 heavy (non-hydrogen) atoms. The highest BCUT2D eigenvalue weighted by atomic mass is 16.4. The number of anilines is 3. The Hall–Kier alpha value is -4.79. The Bertz CT molecular complexity index is 1290. The lowest BCUT2D eigenvalue weighted by Gasteiger charge is -2.10. The van der Waals surface area contributed by atoms with E-state index in [1.165, 1.54) is 18.2 Å². The van der Waals surface area contributed by atoms with Gasteiger partial charge in [0.25, 0.3) is 5.91 Å². The van der Waals surface area contributed by atoms with Crippen LogP contribution in [0.25, 0.3) is 11.4 Å². The Kier molecular flexibility index (Phi) is 6.21. The number of carbonyl (C=O) groups is 2. The van der Waals surface area contributed by atoms with Crippen molar-refractivity contribution in [1.82, 2.24) is 15.0 Å². The molecule has 2 heterocycles. The first-order chi connectivity index (χ1) is 16.0. The zero-order valence-electron chi connectivity index (χ0n) is 17.4. The van der Waals surface area contributed by atoms with Crippen molar-refractivity contribution >= 4 is 29.1 Å². The van der Waals surface area contributed by atoms with Crippen LogP contribution < -0.4 is 16.4 Å². The molecule has 4 aromatic rings. The molecule has 9 heteroatoms. The third-order valence-corrected chi connectivity index (χ3v) is 4.81. The van der Waals surface area contributed by atoms with E-state index in [9.17, 15) is 9.59 Å². The van der Waals surface area contributed by atoms with Crippen molar-refractivity contribution in [3.8, 4) is 11.4 Å². The number of benzene rings is 2. The van der Waals surface area contributed by atoms with Gasteiger partial charge in [-0.15, -0.1) is 0 Å². The predicted molar refractivity (Wildman–Crippen MR) is 125 cm³/mol. The van der Waals surface area contributed by atoms with E-state index in [1.54, 1.807) is 36.8 Å². The van der Waals surface area contributed by atoms with Gasteiger partial charge in [-0.3, -0.25) is 9.78 Å². The van der Waals surface area contributed by atoms with E-state index in [4.69, 9.17) is 10.8 Å². The molecular weight excluding hydrogens is 420 g/mol. The van der Waals surface area contributed by atoms with Crippen molar-refractivity contribution in [3.05, 3.63) is 95.9 Å². The summed E-state index contributed by atoms with van der Waals surface area (Å²) in [6, 6.07) is 16.7. The molecule has 0 spiro atoms. The van der Waals surface area contributed by atoms with E-state index >= 15 is 0 Å². The highest BCUT2D eigenvalue weighted by molar-refractivity contribution is 6.06. The van der Waals surface area contributed by atoms with Crippen molar-refractivity contribution < 1.29 is 14.7 Å². The summed E-state index contributed by atoms with van der Waals surface area (Å²) >= 11 is 0. The molecule has 0 unspecified atom stereocenters. The quantitative estimate of drug-likeness (QED) is 0.319. The fourth-order valence-corrected chi connectivity index (χ4v) is 3.06. The number of amides is 1. The molecular formula is C24H20N6O3. The molecule has 9 nitrogen and oxygen atoms in total. The summed E-state index contributed by atoms with van der Waals surface area (Å²) in [5.41, 5.74) is 8.67. The Morgan fingerprint density at radius 1 is 0.970 bits per heavy atom. The van der Waals surface area contributed by atoms with Gasteiger partial charge in [0.2, 0.25) is 0 Å². The number of nitrogens with zero attached hydrogens (tertiary/aromatic N) is 3. The first-order valence-corrected chi connectivity index (χ1v) is 10.00. The number of aromatic carboxylic acids is 1. The standard InChI is InChI=1S/C24H20N6O3/c25-19-12-17(24(32)33)7-8-20(19)29-23(31)16-5-3-15(4-6-16)13-28-21-9-11-27-22(30-21)18-2-1-10-26-14-18/h1-12,14H,13,25H2,(H,29,31)(H,32,33)(H,27,28,30). The molecule has 0 fully saturated rings. The van der Waals surface area contributed by atoms with Gasteiger partial charge in [-0.2, -0.15) is 0 Å². The largest absolute Gasteiger partial charge is 0.478 e. The Balaban J connectivity index is 1.38. The van der Waals surface area contributed by atoms with Crippen LogP contribution in [0, 0.1) is 0 Å². The van der Waals surface area contributed by atoms with Crippen molar-refractivity contribution in [2.24, 2.45) is 0 Å². The maximum Gasteiger partial charge on any atom is 0.335 e. The van der Waals surface area contributed by atoms with Crippen LogP contribution in [0.2, 0.25) is 0 Å². The Morgan fingerprint density at radius 3 is 2.45 bits per heavy atom. The predicted octanol–water partition coefficient (Wildman–Crippen LogP) is 3.68. The van der Waals surface area contributed by atoms with Crippen LogP contribution >= 0.6 is 0 Å². The van der Waals surface area contributed by atoms with Crippen LogP contribution in [-0.2, 0) is 6.54 Å². The normalized spacial score (nSPS) is 10.4. The lowest BCUT2D eigenvalue weighted by Crippen LogP contribution is -2.14. The number of carbonyl (C=O) groups excluding carboxylic acids is 1. The van der Waals surface area contributed by atoms with Crippen LogP contribution in [0.4, 0.5) is 17.2 Å². The molecule has 0 aliphatic carbocycles. The zero-order chi connectivity index (χ0) is 23.2. The van der Waals surface area contributed by atoms with Crippen molar-refractivity contribution in [2.45, 2.75) is 6.54 Å². The minimum Gasteiger partial charge on any atom is -0.478 e. The van der Waals surface area contributed by atoms with E-state index in [-0.39, 0.29) is 17.2 Å². The van der Waals surface area contributed by atoms with Crippen LogP contribution in [0.5, 0.6) is 0 Å². The third kappa shape index (κ3) is 5.28. The average Bonchev–Trinajstić information content (AvgIpc) is 2.85. The van der Waals surface area contributed by atoms with E-state index in [1.807, 2.05) is 24.3 Å². The minimum absolute atomic E-state index is 0.0543. The number of carboxylic acid groups (broad SMARTS) is 1. The van der Waals surface area contributed by atoms with Gasteiger partial charge in [-0.05, 0) is 54.1 Å².